The predicted octanol–water partition coefficient (Wildman–Crippen LogP) is -10.2. The number of hydrogen-bond acceptors (Lipinski definition) is 26. The molecule has 34 heteroatoms. The number of fused-ring (bicyclic) bond motifs is 1. The van der Waals surface area contributed by atoms with E-state index in [9.17, 15) is 54.9 Å². The van der Waals surface area contributed by atoms with Crippen LogP contribution in [0.15, 0.2) is 102 Å². The number of azo groups is 2. The monoisotopic (exact) mass is 1000 g/mol. The molecule has 0 bridgehead atoms. The third kappa shape index (κ3) is 19.5. The van der Waals surface area contributed by atoms with Crippen molar-refractivity contribution < 1.29 is 205 Å². The number of phenols is 1. The van der Waals surface area contributed by atoms with Crippen LogP contribution in [0.25, 0.3) is 10.8 Å². The van der Waals surface area contributed by atoms with Crippen LogP contribution in [0.4, 0.5) is 28.4 Å². The minimum absolute atomic E-state index is 0. The maximum atomic E-state index is 12.8. The summed E-state index contributed by atoms with van der Waals surface area (Å²) in [6.45, 7) is -0.364. The quantitative estimate of drug-likeness (QED) is 0.0132. The van der Waals surface area contributed by atoms with Gasteiger partial charge in [-0.25, -0.2) is 29.5 Å². The minimum Gasteiger partial charge on any atom is -0.747 e. The number of nitrogens with zero attached hydrogens (tertiary/aromatic N) is 4. The van der Waals surface area contributed by atoms with Gasteiger partial charge in [0, 0.05) is 10.8 Å². The fraction of sp³-hybridized carbons (Fsp3) is 0.185. The SMILES string of the molecule is O=S(CCS(=O)(=O)c1cccc(N=Nc2c(SOO[O-])cc3c(N=Nc4ccc(S(=O)(=O)CCOSOO[O-])cc4)c(NCS(=O)(=O)[O-])ccc3c2O)c1)OO[O-].[Na+].[Na+].[Na+].[Na+]. The van der Waals surface area contributed by atoms with E-state index in [-0.39, 0.29) is 203 Å². The van der Waals surface area contributed by atoms with E-state index in [0.717, 1.165) is 6.07 Å². The molecule has 0 heterocycles. The molecule has 4 aromatic carbocycles. The Kier molecular flexibility index (Phi) is 29.9. The summed E-state index contributed by atoms with van der Waals surface area (Å²) in [6, 6.07) is 13.7. The zero-order chi connectivity index (χ0) is 41.6. The molecule has 1 unspecified atom stereocenters. The van der Waals surface area contributed by atoms with Crippen molar-refractivity contribution in [1.82, 2.24) is 0 Å². The second-order valence-electron chi connectivity index (χ2n) is 10.4. The molecule has 0 saturated heterocycles. The largest absolute Gasteiger partial charge is 1.00 e. The molecule has 2 N–H and O–H groups in total. The van der Waals surface area contributed by atoms with E-state index in [2.05, 4.69) is 53.9 Å². The molecule has 4 aromatic rings. The Hall–Kier alpha value is 0.200. The summed E-state index contributed by atoms with van der Waals surface area (Å²) in [4.78, 5) is -0.586. The number of aromatic hydroxyl groups is 1. The number of sulfone groups is 2. The topological polar surface area (TPSA) is 358 Å². The first-order valence-electron chi connectivity index (χ1n) is 14.8. The molecule has 0 radical (unpaired) electrons. The molecule has 0 amide bonds. The van der Waals surface area contributed by atoms with Gasteiger partial charge >= 0.3 is 118 Å². The van der Waals surface area contributed by atoms with Gasteiger partial charge in [-0.1, -0.05) is 6.07 Å². The van der Waals surface area contributed by atoms with Gasteiger partial charge in [-0.05, 0) is 60.7 Å². The first kappa shape index (κ1) is 61.2. The molecule has 310 valence electrons. The van der Waals surface area contributed by atoms with Crippen LogP contribution in [0.2, 0.25) is 0 Å². The van der Waals surface area contributed by atoms with Gasteiger partial charge in [0.2, 0.25) is 0 Å². The van der Waals surface area contributed by atoms with Gasteiger partial charge in [0.05, 0.1) is 67.7 Å². The van der Waals surface area contributed by atoms with Crippen LogP contribution in [-0.4, -0.2) is 68.9 Å². The molecule has 24 nitrogen and oxygen atoms in total. The number of benzene rings is 4. The number of anilines is 1. The Balaban J connectivity index is 0.00000900. The number of phenolic OH excluding ortho intramolecular Hbond substituents is 1. The molecular formula is C27H23N5Na4O19S6. The van der Waals surface area contributed by atoms with Gasteiger partial charge in [-0.3, -0.25) is 19.3 Å². The molecular weight excluding hydrogens is 983 g/mol. The Morgan fingerprint density at radius 1 is 0.705 bits per heavy atom. The Morgan fingerprint density at radius 3 is 1.98 bits per heavy atom. The van der Waals surface area contributed by atoms with E-state index in [0.29, 0.717) is 0 Å². The van der Waals surface area contributed by atoms with Crippen LogP contribution in [0, 0.1) is 0 Å². The number of rotatable bonds is 23. The first-order valence-corrected chi connectivity index (χ1v) is 22.3. The Bertz CT molecular complexity index is 2460. The van der Waals surface area contributed by atoms with Crippen molar-refractivity contribution in [1.29, 1.82) is 0 Å². The Morgan fingerprint density at radius 2 is 1.34 bits per heavy atom. The zero-order valence-electron chi connectivity index (χ0n) is 31.9. The summed E-state index contributed by atoms with van der Waals surface area (Å²) in [5.74, 6) is -3.53. The van der Waals surface area contributed by atoms with E-state index in [4.69, 9.17) is 4.18 Å². The summed E-state index contributed by atoms with van der Waals surface area (Å²) < 4.78 is 114. The number of nitrogens with one attached hydrogen (secondary N) is 1. The van der Waals surface area contributed by atoms with E-state index < -0.39 is 69.8 Å². The van der Waals surface area contributed by atoms with Gasteiger partial charge in [0.15, 0.2) is 48.8 Å². The van der Waals surface area contributed by atoms with Crippen LogP contribution in [0.5, 0.6) is 5.75 Å². The van der Waals surface area contributed by atoms with Gasteiger partial charge in [-0.15, -0.1) is 18.9 Å². The molecule has 0 aliphatic rings. The smallest absolute Gasteiger partial charge is 0.747 e. The van der Waals surface area contributed by atoms with Crippen LogP contribution >= 0.6 is 24.4 Å². The molecule has 4 rings (SSSR count). The van der Waals surface area contributed by atoms with E-state index in [1.807, 2.05) is 0 Å². The molecule has 0 spiro atoms. The minimum atomic E-state index is -4.83. The van der Waals surface area contributed by atoms with Crippen molar-refractivity contribution in [2.24, 2.45) is 20.5 Å². The zero-order valence-corrected chi connectivity index (χ0v) is 44.8. The third-order valence-electron chi connectivity index (χ3n) is 6.86. The third-order valence-corrected chi connectivity index (χ3v) is 12.8. The van der Waals surface area contributed by atoms with Gasteiger partial charge in [-0.2, -0.15) is 14.6 Å². The summed E-state index contributed by atoms with van der Waals surface area (Å²) in [5.41, 5.74) is -0.598. The maximum absolute atomic E-state index is 12.8. The molecule has 1 atom stereocenters. The second-order valence-corrected chi connectivity index (χ2v) is 18.5. The fourth-order valence-electron chi connectivity index (χ4n) is 4.39. The predicted molar refractivity (Wildman–Crippen MR) is 188 cm³/mol. The van der Waals surface area contributed by atoms with Gasteiger partial charge in [0.25, 0.3) is 0 Å². The van der Waals surface area contributed by atoms with Crippen LogP contribution < -0.4 is 139 Å². The standard InChI is InChI=1S/C27H27N5O19S6.4Na/c33-27-21-8-9-23(28-16-57(42,43)44)25(31-29-17-4-6-19(7-5-17)55(38,39)12-10-45-53-50-47-35)22(21)15-24(52-49-46-34)26(27)32-30-18-2-1-3-20(14-18)56(40,41)13-11-54(37)51-48-36;;;;/h1-9,14-15,28,33-36H,10-13,16H2,(H,42,43,44);;;;/q;4*+1/p-4. The molecule has 0 fully saturated rings. The maximum Gasteiger partial charge on any atom is 1.00 e. The fourth-order valence-corrected chi connectivity index (χ4v) is 8.99. The van der Waals surface area contributed by atoms with Crippen LogP contribution in [-0.2, 0) is 73.2 Å². The van der Waals surface area contributed by atoms with E-state index in [1.54, 1.807) is 0 Å². The first-order chi connectivity index (χ1) is 27.1. The summed E-state index contributed by atoms with van der Waals surface area (Å²) in [7, 11) is -12.8. The summed E-state index contributed by atoms with van der Waals surface area (Å²) >= 11 is -1.96. The number of hydrogen-bond donors (Lipinski definition) is 2. The van der Waals surface area contributed by atoms with Crippen LogP contribution in [0.1, 0.15) is 0 Å². The van der Waals surface area contributed by atoms with Crippen molar-refractivity contribution in [3.8, 4) is 5.75 Å². The van der Waals surface area contributed by atoms with Crippen molar-refractivity contribution in [2.45, 2.75) is 14.7 Å². The van der Waals surface area contributed by atoms with E-state index in [1.165, 1.54) is 60.7 Å². The van der Waals surface area contributed by atoms with Crippen LogP contribution in [0.3, 0.4) is 0 Å². The van der Waals surface area contributed by atoms with Crippen molar-refractivity contribution >= 4 is 104 Å². The Labute approximate surface area is 446 Å². The molecule has 0 aromatic heterocycles. The van der Waals surface area contributed by atoms with Crippen molar-refractivity contribution in [3.63, 3.8) is 0 Å². The van der Waals surface area contributed by atoms with Gasteiger partial charge in [0.1, 0.15) is 27.4 Å². The van der Waals surface area contributed by atoms with Crippen molar-refractivity contribution in [3.05, 3.63) is 66.7 Å². The van der Waals surface area contributed by atoms with Gasteiger partial charge < -0.3 is 30.7 Å². The van der Waals surface area contributed by atoms with E-state index >= 15 is 0 Å². The summed E-state index contributed by atoms with van der Waals surface area (Å²) in [6.07, 6.45) is 0. The molecule has 0 aliphatic carbocycles. The molecule has 0 saturated carbocycles. The normalized spacial score (nSPS) is 12.3. The van der Waals surface area contributed by atoms with Crippen molar-refractivity contribution in [2.75, 3.05) is 35.1 Å². The molecule has 61 heavy (non-hydrogen) atoms. The average molecular weight is 1010 g/mol. The molecule has 0 aliphatic heterocycles. The average Bonchev–Trinajstić information content (AvgIpc) is 3.17. The second kappa shape index (κ2) is 29.8. The summed E-state index contributed by atoms with van der Waals surface area (Å²) in [5, 5.41) is 70.1.